The molecule has 110 valence electrons. The first-order chi connectivity index (χ1) is 10.2. The van der Waals surface area contributed by atoms with Crippen molar-refractivity contribution < 1.29 is 15.3 Å². The van der Waals surface area contributed by atoms with Gasteiger partial charge in [0.1, 0.15) is 11.9 Å². The summed E-state index contributed by atoms with van der Waals surface area (Å²) in [6.45, 7) is -1.74. The van der Waals surface area contributed by atoms with Gasteiger partial charge in [-0.25, -0.2) is 4.98 Å². The first kappa shape index (κ1) is 13.6. The molecule has 21 heavy (non-hydrogen) atoms. The molecule has 0 fully saturated rings. The predicted octanol–water partition coefficient (Wildman–Crippen LogP) is -1.89. The van der Waals surface area contributed by atoms with E-state index in [-0.39, 0.29) is 5.39 Å². The summed E-state index contributed by atoms with van der Waals surface area (Å²) < 4.78 is 2.53. The van der Waals surface area contributed by atoms with Crippen molar-refractivity contribution >= 4 is 16.7 Å². The van der Waals surface area contributed by atoms with Gasteiger partial charge in [-0.15, -0.1) is 0 Å². The Balaban J connectivity index is 2.35. The molecular formula is C12H13N5O4. The Morgan fingerprint density at radius 3 is 2.52 bits per heavy atom. The standard InChI is InChI=1S/C12H13N5O4/c18-4-12(5-19,6-20)16-2-1-9-8(10(16)21)3-13-11-14-7-15-17(9)11/h1-3,7,18-20H,4-6H2. The molecule has 0 saturated carbocycles. The predicted molar refractivity (Wildman–Crippen MR) is 71.8 cm³/mol. The zero-order valence-electron chi connectivity index (χ0n) is 10.9. The van der Waals surface area contributed by atoms with Crippen molar-refractivity contribution in [1.82, 2.24) is 24.1 Å². The van der Waals surface area contributed by atoms with Gasteiger partial charge in [0.15, 0.2) is 0 Å². The molecule has 0 radical (unpaired) electrons. The average Bonchev–Trinajstić information content (AvgIpc) is 3.00. The minimum absolute atomic E-state index is 0.246. The highest BCUT2D eigenvalue weighted by Gasteiger charge is 2.31. The molecule has 9 heteroatoms. The molecule has 0 aliphatic heterocycles. The highest BCUT2D eigenvalue weighted by Crippen LogP contribution is 2.16. The molecule has 3 aromatic heterocycles. The number of rotatable bonds is 4. The largest absolute Gasteiger partial charge is 0.394 e. The number of aromatic nitrogens is 5. The van der Waals surface area contributed by atoms with Crippen molar-refractivity contribution in [2.45, 2.75) is 5.54 Å². The summed E-state index contributed by atoms with van der Waals surface area (Å²) in [5.74, 6) is 0.359. The third-order valence-corrected chi connectivity index (χ3v) is 3.57. The van der Waals surface area contributed by atoms with Gasteiger partial charge in [-0.3, -0.25) is 4.79 Å². The van der Waals surface area contributed by atoms with Crippen LogP contribution in [-0.4, -0.2) is 59.3 Å². The molecule has 3 heterocycles. The third-order valence-electron chi connectivity index (χ3n) is 3.57. The van der Waals surface area contributed by atoms with Crippen molar-refractivity contribution in [3.63, 3.8) is 0 Å². The van der Waals surface area contributed by atoms with Crippen molar-refractivity contribution in [3.05, 3.63) is 35.1 Å². The van der Waals surface area contributed by atoms with Crippen LogP contribution in [0.15, 0.2) is 29.6 Å². The lowest BCUT2D eigenvalue weighted by molar-refractivity contribution is 0.0132. The first-order valence-electron chi connectivity index (χ1n) is 6.20. The van der Waals surface area contributed by atoms with Gasteiger partial charge in [0, 0.05) is 12.4 Å². The van der Waals surface area contributed by atoms with Crippen LogP contribution in [0.3, 0.4) is 0 Å². The van der Waals surface area contributed by atoms with Crippen LogP contribution in [0.4, 0.5) is 0 Å². The fourth-order valence-corrected chi connectivity index (χ4v) is 2.22. The van der Waals surface area contributed by atoms with Gasteiger partial charge < -0.3 is 19.9 Å². The Labute approximate surface area is 117 Å². The second kappa shape index (κ2) is 4.88. The second-order valence-electron chi connectivity index (χ2n) is 4.72. The fraction of sp³-hybridized carbons (Fsp3) is 0.333. The lowest BCUT2D eigenvalue weighted by atomic mass is 10.0. The molecular weight excluding hydrogens is 278 g/mol. The quantitative estimate of drug-likeness (QED) is 0.513. The Bertz CT molecular complexity index is 843. The minimum Gasteiger partial charge on any atom is -0.394 e. The summed E-state index contributed by atoms with van der Waals surface area (Å²) in [6, 6.07) is 1.59. The number of aliphatic hydroxyl groups excluding tert-OH is 3. The summed E-state index contributed by atoms with van der Waals surface area (Å²) >= 11 is 0. The summed E-state index contributed by atoms with van der Waals surface area (Å²) in [5, 5.41) is 32.6. The van der Waals surface area contributed by atoms with E-state index in [1.807, 2.05) is 0 Å². The molecule has 0 unspecified atom stereocenters. The Kier molecular flexibility index (Phi) is 3.16. The summed E-state index contributed by atoms with van der Waals surface area (Å²) in [5.41, 5.74) is -1.46. The molecule has 0 spiro atoms. The highest BCUT2D eigenvalue weighted by molar-refractivity contribution is 5.78. The van der Waals surface area contributed by atoms with Crippen LogP contribution < -0.4 is 5.56 Å². The first-order valence-corrected chi connectivity index (χ1v) is 6.20. The van der Waals surface area contributed by atoms with E-state index in [4.69, 9.17) is 0 Å². The molecule has 9 nitrogen and oxygen atoms in total. The van der Waals surface area contributed by atoms with E-state index in [2.05, 4.69) is 15.1 Å². The zero-order valence-corrected chi connectivity index (χ0v) is 10.9. The topological polar surface area (TPSA) is 126 Å². The van der Waals surface area contributed by atoms with Crippen LogP contribution in [0.1, 0.15) is 0 Å². The maximum Gasteiger partial charge on any atom is 0.262 e. The SMILES string of the molecule is O=c1c2cnc3ncnn3c2ccn1C(CO)(CO)CO. The highest BCUT2D eigenvalue weighted by atomic mass is 16.3. The van der Waals surface area contributed by atoms with Crippen LogP contribution >= 0.6 is 0 Å². The Morgan fingerprint density at radius 2 is 1.86 bits per heavy atom. The van der Waals surface area contributed by atoms with Crippen LogP contribution in [0, 0.1) is 0 Å². The number of hydrogen-bond donors (Lipinski definition) is 3. The molecule has 3 rings (SSSR count). The maximum atomic E-state index is 12.5. The second-order valence-corrected chi connectivity index (χ2v) is 4.72. The van der Waals surface area contributed by atoms with E-state index in [1.165, 1.54) is 23.2 Å². The number of fused-ring (bicyclic) bond motifs is 3. The van der Waals surface area contributed by atoms with E-state index in [1.54, 1.807) is 6.07 Å². The number of hydrogen-bond acceptors (Lipinski definition) is 7. The summed E-state index contributed by atoms with van der Waals surface area (Å²) in [6.07, 6.45) is 4.08. The number of nitrogens with zero attached hydrogens (tertiary/aromatic N) is 5. The molecule has 0 bridgehead atoms. The van der Waals surface area contributed by atoms with Crippen LogP contribution in [0.5, 0.6) is 0 Å². The molecule has 0 saturated heterocycles. The summed E-state index contributed by atoms with van der Waals surface area (Å²) in [7, 11) is 0. The van der Waals surface area contributed by atoms with Crippen molar-refractivity contribution in [2.24, 2.45) is 0 Å². The van der Waals surface area contributed by atoms with E-state index >= 15 is 0 Å². The van der Waals surface area contributed by atoms with Crippen molar-refractivity contribution in [2.75, 3.05) is 19.8 Å². The van der Waals surface area contributed by atoms with E-state index in [9.17, 15) is 20.1 Å². The van der Waals surface area contributed by atoms with Gasteiger partial charge in [-0.05, 0) is 6.07 Å². The Hall–Kier alpha value is -2.36. The van der Waals surface area contributed by atoms with Gasteiger partial charge in [0.2, 0.25) is 0 Å². The molecule has 0 atom stereocenters. The third kappa shape index (κ3) is 1.82. The smallest absolute Gasteiger partial charge is 0.262 e. The van der Waals surface area contributed by atoms with Crippen molar-refractivity contribution in [1.29, 1.82) is 0 Å². The van der Waals surface area contributed by atoms with Gasteiger partial charge in [-0.1, -0.05) is 0 Å². The molecule has 3 N–H and O–H groups in total. The van der Waals surface area contributed by atoms with Crippen LogP contribution in [0.2, 0.25) is 0 Å². The minimum atomic E-state index is -1.47. The lowest BCUT2D eigenvalue weighted by Gasteiger charge is -2.30. The summed E-state index contributed by atoms with van der Waals surface area (Å²) in [4.78, 5) is 20.5. The van der Waals surface area contributed by atoms with Crippen LogP contribution in [0.25, 0.3) is 16.7 Å². The Morgan fingerprint density at radius 1 is 1.14 bits per heavy atom. The van der Waals surface area contributed by atoms with E-state index in [0.717, 1.165) is 4.57 Å². The van der Waals surface area contributed by atoms with Gasteiger partial charge in [-0.2, -0.15) is 14.6 Å². The fourth-order valence-electron chi connectivity index (χ4n) is 2.22. The number of pyridine rings is 1. The van der Waals surface area contributed by atoms with Crippen molar-refractivity contribution in [3.8, 4) is 0 Å². The van der Waals surface area contributed by atoms with Gasteiger partial charge in [0.25, 0.3) is 11.3 Å². The number of aliphatic hydroxyl groups is 3. The molecule has 0 amide bonds. The van der Waals surface area contributed by atoms with Gasteiger partial charge >= 0.3 is 0 Å². The van der Waals surface area contributed by atoms with Gasteiger partial charge in [0.05, 0.1) is 30.7 Å². The molecule has 0 aliphatic rings. The molecule has 0 aromatic carbocycles. The molecule has 3 aromatic rings. The van der Waals surface area contributed by atoms with Crippen LogP contribution in [-0.2, 0) is 5.54 Å². The zero-order chi connectivity index (χ0) is 15.0. The average molecular weight is 291 g/mol. The monoisotopic (exact) mass is 291 g/mol. The maximum absolute atomic E-state index is 12.5. The van der Waals surface area contributed by atoms with E-state index in [0.29, 0.717) is 11.3 Å². The molecule has 0 aliphatic carbocycles. The normalized spacial score (nSPS) is 12.3. The lowest BCUT2D eigenvalue weighted by Crippen LogP contribution is -2.49. The van der Waals surface area contributed by atoms with E-state index < -0.39 is 30.9 Å².